The predicted octanol–water partition coefficient (Wildman–Crippen LogP) is 1.15. The van der Waals surface area contributed by atoms with Crippen molar-refractivity contribution in [1.82, 2.24) is 0 Å². The van der Waals surface area contributed by atoms with Crippen molar-refractivity contribution in [3.05, 3.63) is 12.2 Å². The zero-order valence-corrected chi connectivity index (χ0v) is 4.35. The molecule has 0 aliphatic heterocycles. The van der Waals surface area contributed by atoms with Crippen LogP contribution in [0.1, 0.15) is 13.3 Å². The van der Waals surface area contributed by atoms with E-state index in [0.29, 0.717) is 12.2 Å². The number of allylic oxidation sites excluding steroid dienone is 2. The number of ketones is 1. The van der Waals surface area contributed by atoms with Gasteiger partial charge in [0.1, 0.15) is 5.78 Å². The molecule has 0 saturated heterocycles. The van der Waals surface area contributed by atoms with Crippen molar-refractivity contribution in [2.45, 2.75) is 13.3 Å². The molecule has 0 radical (unpaired) electrons. The first-order chi connectivity index (χ1) is 3.30. The fourth-order valence-electron chi connectivity index (χ4n) is 0.682. The maximum absolute atomic E-state index is 10.5. The Morgan fingerprint density at radius 2 is 2.57 bits per heavy atom. The van der Waals surface area contributed by atoms with Gasteiger partial charge in [-0.1, -0.05) is 19.1 Å². The normalized spacial score (nSPS) is 29.3. The number of hydrogen-bond acceptors (Lipinski definition) is 1. The standard InChI is InChI=1S/C6H8O/c1-5-3-2-4-6(5)7/h2-3,5H,4H2,1H3. The van der Waals surface area contributed by atoms with Crippen LogP contribution in [0.3, 0.4) is 0 Å². The highest BCUT2D eigenvalue weighted by molar-refractivity contribution is 5.86. The van der Waals surface area contributed by atoms with Gasteiger partial charge in [0.2, 0.25) is 0 Å². The summed E-state index contributed by atoms with van der Waals surface area (Å²) in [5.74, 6) is 0.542. The molecule has 0 amide bonds. The maximum Gasteiger partial charge on any atom is 0.143 e. The Labute approximate surface area is 43.0 Å². The summed E-state index contributed by atoms with van der Waals surface area (Å²) in [5, 5.41) is 0. The van der Waals surface area contributed by atoms with Gasteiger partial charge < -0.3 is 0 Å². The van der Waals surface area contributed by atoms with Crippen molar-refractivity contribution in [3.8, 4) is 0 Å². The second-order valence-electron chi connectivity index (χ2n) is 1.89. The average molecular weight is 96.1 g/mol. The van der Waals surface area contributed by atoms with Crippen LogP contribution in [0.4, 0.5) is 0 Å². The van der Waals surface area contributed by atoms with Crippen LogP contribution in [0, 0.1) is 5.92 Å². The van der Waals surface area contributed by atoms with Crippen molar-refractivity contribution in [2.75, 3.05) is 0 Å². The molecule has 1 nitrogen and oxygen atoms in total. The number of carbonyl (C=O) groups excluding carboxylic acids is 1. The summed E-state index contributed by atoms with van der Waals surface area (Å²) in [7, 11) is 0. The van der Waals surface area contributed by atoms with Crippen molar-refractivity contribution in [2.24, 2.45) is 5.92 Å². The van der Waals surface area contributed by atoms with Crippen molar-refractivity contribution < 1.29 is 4.79 Å². The van der Waals surface area contributed by atoms with Gasteiger partial charge in [0, 0.05) is 12.3 Å². The Morgan fingerprint density at radius 3 is 2.71 bits per heavy atom. The molecule has 1 aliphatic rings. The Bertz CT molecular complexity index is 113. The van der Waals surface area contributed by atoms with E-state index in [1.807, 2.05) is 19.1 Å². The van der Waals surface area contributed by atoms with Gasteiger partial charge >= 0.3 is 0 Å². The largest absolute Gasteiger partial charge is 0.299 e. The smallest absolute Gasteiger partial charge is 0.143 e. The zero-order chi connectivity index (χ0) is 5.28. The van der Waals surface area contributed by atoms with E-state index < -0.39 is 0 Å². The molecule has 1 unspecified atom stereocenters. The fourth-order valence-corrected chi connectivity index (χ4v) is 0.682. The van der Waals surface area contributed by atoms with E-state index in [1.54, 1.807) is 0 Å². The molecule has 0 bridgehead atoms. The van der Waals surface area contributed by atoms with Crippen LogP contribution in [0.5, 0.6) is 0 Å². The molecule has 0 spiro atoms. The summed E-state index contributed by atoms with van der Waals surface area (Å²) in [6.07, 6.45) is 4.52. The first kappa shape index (κ1) is 4.57. The van der Waals surface area contributed by atoms with Gasteiger partial charge in [0.25, 0.3) is 0 Å². The van der Waals surface area contributed by atoms with Crippen LogP contribution in [0.15, 0.2) is 12.2 Å². The lowest BCUT2D eigenvalue weighted by Crippen LogP contribution is -1.99. The van der Waals surface area contributed by atoms with Crippen LogP contribution in [-0.2, 0) is 4.79 Å². The number of Topliss-reactive ketones (excluding diaryl/α,β-unsaturated/α-hetero) is 1. The van der Waals surface area contributed by atoms with Crippen LogP contribution in [0.25, 0.3) is 0 Å². The van der Waals surface area contributed by atoms with E-state index in [0.717, 1.165) is 0 Å². The average Bonchev–Trinajstić information content (AvgIpc) is 1.91. The topological polar surface area (TPSA) is 17.1 Å². The highest BCUT2D eigenvalue weighted by atomic mass is 16.1. The molecular formula is C6H8O. The third kappa shape index (κ3) is 0.710. The summed E-state index contributed by atoms with van der Waals surface area (Å²) in [5.41, 5.74) is 0. The molecule has 0 aromatic carbocycles. The quantitative estimate of drug-likeness (QED) is 0.413. The van der Waals surface area contributed by atoms with Crippen molar-refractivity contribution in [3.63, 3.8) is 0 Å². The molecule has 0 saturated carbocycles. The molecule has 1 heteroatoms. The number of rotatable bonds is 0. The minimum atomic E-state index is 0.194. The lowest BCUT2D eigenvalue weighted by Gasteiger charge is -1.89. The van der Waals surface area contributed by atoms with Gasteiger partial charge in [-0.15, -0.1) is 0 Å². The van der Waals surface area contributed by atoms with Gasteiger partial charge in [-0.2, -0.15) is 0 Å². The molecule has 0 N–H and O–H groups in total. The van der Waals surface area contributed by atoms with Gasteiger partial charge in [-0.25, -0.2) is 0 Å². The van der Waals surface area contributed by atoms with Crippen LogP contribution in [0.2, 0.25) is 0 Å². The lowest BCUT2D eigenvalue weighted by atomic mass is 10.1. The van der Waals surface area contributed by atoms with E-state index in [-0.39, 0.29) is 5.92 Å². The summed E-state index contributed by atoms with van der Waals surface area (Å²) in [6, 6.07) is 0. The van der Waals surface area contributed by atoms with E-state index in [4.69, 9.17) is 0 Å². The molecular weight excluding hydrogens is 88.1 g/mol. The molecule has 0 aromatic rings. The summed E-state index contributed by atoms with van der Waals surface area (Å²) < 4.78 is 0. The second-order valence-corrected chi connectivity index (χ2v) is 1.89. The molecule has 0 aromatic heterocycles. The van der Waals surface area contributed by atoms with Crippen molar-refractivity contribution in [1.29, 1.82) is 0 Å². The first-order valence-corrected chi connectivity index (χ1v) is 2.50. The predicted molar refractivity (Wildman–Crippen MR) is 27.9 cm³/mol. The SMILES string of the molecule is CC1C=CCC1=O. The Balaban J connectivity index is 2.62. The lowest BCUT2D eigenvalue weighted by molar-refractivity contribution is -0.119. The maximum atomic E-state index is 10.5. The highest BCUT2D eigenvalue weighted by Crippen LogP contribution is 2.10. The molecule has 1 aliphatic carbocycles. The molecule has 38 valence electrons. The summed E-state index contributed by atoms with van der Waals surface area (Å²) in [4.78, 5) is 10.5. The first-order valence-electron chi connectivity index (χ1n) is 2.50. The Kier molecular flexibility index (Phi) is 0.970. The number of hydrogen-bond donors (Lipinski definition) is 0. The minimum Gasteiger partial charge on any atom is -0.299 e. The monoisotopic (exact) mass is 96.1 g/mol. The minimum absolute atomic E-state index is 0.194. The molecule has 1 atom stereocenters. The van der Waals surface area contributed by atoms with Gasteiger partial charge in [0.05, 0.1) is 0 Å². The van der Waals surface area contributed by atoms with Gasteiger partial charge in [0.15, 0.2) is 0 Å². The molecule has 1 rings (SSSR count). The van der Waals surface area contributed by atoms with Gasteiger partial charge in [-0.3, -0.25) is 4.79 Å². The van der Waals surface area contributed by atoms with E-state index in [9.17, 15) is 4.79 Å². The zero-order valence-electron chi connectivity index (χ0n) is 4.35. The number of carbonyl (C=O) groups is 1. The summed E-state index contributed by atoms with van der Waals surface area (Å²) in [6.45, 7) is 1.92. The highest BCUT2D eigenvalue weighted by Gasteiger charge is 2.11. The Hall–Kier alpha value is -0.590. The van der Waals surface area contributed by atoms with Crippen LogP contribution in [-0.4, -0.2) is 5.78 Å². The molecule has 0 fully saturated rings. The van der Waals surface area contributed by atoms with Crippen LogP contribution < -0.4 is 0 Å². The summed E-state index contributed by atoms with van der Waals surface area (Å²) >= 11 is 0. The third-order valence-electron chi connectivity index (χ3n) is 1.25. The fraction of sp³-hybridized carbons (Fsp3) is 0.500. The molecule has 7 heavy (non-hydrogen) atoms. The van der Waals surface area contributed by atoms with E-state index >= 15 is 0 Å². The second kappa shape index (κ2) is 1.49. The Morgan fingerprint density at radius 1 is 1.86 bits per heavy atom. The van der Waals surface area contributed by atoms with Crippen molar-refractivity contribution >= 4 is 5.78 Å². The third-order valence-corrected chi connectivity index (χ3v) is 1.25. The van der Waals surface area contributed by atoms with Crippen LogP contribution >= 0.6 is 0 Å². The van der Waals surface area contributed by atoms with E-state index in [2.05, 4.69) is 0 Å². The molecule has 0 heterocycles. The van der Waals surface area contributed by atoms with Gasteiger partial charge in [-0.05, 0) is 0 Å². The van der Waals surface area contributed by atoms with E-state index in [1.165, 1.54) is 0 Å².